The van der Waals surface area contributed by atoms with Crippen molar-refractivity contribution in [1.82, 2.24) is 14.4 Å². The molecule has 2 aliphatic carbocycles. The van der Waals surface area contributed by atoms with Crippen LogP contribution in [0.1, 0.15) is 53.5 Å². The molecule has 0 radical (unpaired) electrons. The molecule has 0 bridgehead atoms. The summed E-state index contributed by atoms with van der Waals surface area (Å²) in [7, 11) is 0. The number of rotatable bonds is 8. The van der Waals surface area contributed by atoms with Crippen LogP contribution in [-0.2, 0) is 17.9 Å². The number of imidazole rings is 1. The monoisotopic (exact) mass is 487 g/mol. The second-order valence-electron chi connectivity index (χ2n) is 9.47. The fourth-order valence-electron chi connectivity index (χ4n) is 4.70. The molecule has 0 spiro atoms. The molecule has 1 aromatic carbocycles. The van der Waals surface area contributed by atoms with Gasteiger partial charge in [-0.1, -0.05) is 23.7 Å². The lowest BCUT2D eigenvalue weighted by Gasteiger charge is -2.08. The van der Waals surface area contributed by atoms with Crippen molar-refractivity contribution < 1.29 is 9.90 Å². The molecule has 6 rings (SSSR count). The number of benzene rings is 1. The topological polar surface area (TPSA) is 91.6 Å². The maximum Gasteiger partial charge on any atom is 0.229 e. The summed E-state index contributed by atoms with van der Waals surface area (Å²) in [5.74, 6) is 1.24. The average Bonchev–Trinajstić information content (AvgIpc) is 3.78. The molecule has 7 nitrogen and oxygen atoms in total. The van der Waals surface area contributed by atoms with E-state index in [0.29, 0.717) is 23.3 Å². The van der Waals surface area contributed by atoms with Crippen LogP contribution in [0.2, 0.25) is 5.02 Å². The number of fused-ring (bicyclic) bond motifs is 1. The molecule has 3 heterocycles. The van der Waals surface area contributed by atoms with Gasteiger partial charge in [-0.15, -0.1) is 0 Å². The van der Waals surface area contributed by atoms with Crippen molar-refractivity contribution >= 4 is 34.7 Å². The number of amides is 1. The number of halogens is 1. The third-order valence-corrected chi connectivity index (χ3v) is 7.04. The van der Waals surface area contributed by atoms with Crippen LogP contribution in [0.3, 0.4) is 0 Å². The number of hydrogen-bond donors (Lipinski definition) is 3. The van der Waals surface area contributed by atoms with Crippen LogP contribution < -0.4 is 10.6 Å². The van der Waals surface area contributed by atoms with Gasteiger partial charge in [-0.05, 0) is 66.5 Å². The first-order valence-corrected chi connectivity index (χ1v) is 12.3. The second kappa shape index (κ2) is 8.98. The van der Waals surface area contributed by atoms with Gasteiger partial charge in [-0.25, -0.2) is 9.97 Å². The van der Waals surface area contributed by atoms with Crippen molar-refractivity contribution in [2.24, 2.45) is 5.92 Å². The normalized spacial score (nSPS) is 19.0. The van der Waals surface area contributed by atoms with Crippen LogP contribution in [0.15, 0.2) is 61.1 Å². The summed E-state index contributed by atoms with van der Waals surface area (Å²) < 4.78 is 2.01. The molecule has 2 fully saturated rings. The highest BCUT2D eigenvalue weighted by molar-refractivity contribution is 6.30. The van der Waals surface area contributed by atoms with Crippen LogP contribution in [0, 0.1) is 5.92 Å². The first-order valence-electron chi connectivity index (χ1n) is 11.9. The number of pyridine rings is 2. The van der Waals surface area contributed by atoms with E-state index in [1.807, 2.05) is 47.0 Å². The molecule has 3 N–H and O–H groups in total. The van der Waals surface area contributed by atoms with E-state index in [1.54, 1.807) is 6.20 Å². The number of carbonyl (C=O) groups is 1. The molecule has 2 atom stereocenters. The molecule has 178 valence electrons. The number of nitrogens with zero attached hydrogens (tertiary/aromatic N) is 3. The predicted molar refractivity (Wildman–Crippen MR) is 136 cm³/mol. The summed E-state index contributed by atoms with van der Waals surface area (Å²) in [6.07, 6.45) is 9.04. The largest absolute Gasteiger partial charge is 0.392 e. The van der Waals surface area contributed by atoms with Crippen LogP contribution in [0.4, 0.5) is 11.5 Å². The molecule has 35 heavy (non-hydrogen) atoms. The predicted octanol–water partition coefficient (Wildman–Crippen LogP) is 5.11. The van der Waals surface area contributed by atoms with E-state index in [9.17, 15) is 9.90 Å². The zero-order valence-electron chi connectivity index (χ0n) is 19.1. The molecule has 0 unspecified atom stereocenters. The molecular formula is C27H26ClN5O2. The Labute approximate surface area is 208 Å². The number of hydrogen-bond acceptors (Lipinski definition) is 5. The molecule has 3 aromatic heterocycles. The number of nitrogens with one attached hydrogen (secondary N) is 2. The van der Waals surface area contributed by atoms with Crippen LogP contribution in [-0.4, -0.2) is 25.4 Å². The van der Waals surface area contributed by atoms with Crippen molar-refractivity contribution in [2.75, 3.05) is 10.6 Å². The van der Waals surface area contributed by atoms with Gasteiger partial charge in [0.15, 0.2) is 0 Å². The Morgan fingerprint density at radius 1 is 1.14 bits per heavy atom. The lowest BCUT2D eigenvalue weighted by atomic mass is 10.1. The maximum atomic E-state index is 12.7. The Kier molecular flexibility index (Phi) is 5.66. The lowest BCUT2D eigenvalue weighted by Crippen LogP contribution is -2.15. The average molecular weight is 488 g/mol. The lowest BCUT2D eigenvalue weighted by molar-refractivity contribution is -0.117. The van der Waals surface area contributed by atoms with Crippen LogP contribution in [0.5, 0.6) is 0 Å². The van der Waals surface area contributed by atoms with E-state index in [4.69, 9.17) is 16.6 Å². The Balaban J connectivity index is 1.10. The Hall–Kier alpha value is -3.42. The molecule has 1 amide bonds. The number of carbonyl (C=O) groups excluding carboxylic acids is 1. The summed E-state index contributed by atoms with van der Waals surface area (Å²) >= 11 is 6.09. The zero-order chi connectivity index (χ0) is 23.9. The van der Waals surface area contributed by atoms with Gasteiger partial charge in [-0.2, -0.15) is 0 Å². The van der Waals surface area contributed by atoms with Crippen LogP contribution in [0.25, 0.3) is 5.65 Å². The van der Waals surface area contributed by atoms with Gasteiger partial charge >= 0.3 is 0 Å². The van der Waals surface area contributed by atoms with Gasteiger partial charge < -0.3 is 20.1 Å². The van der Waals surface area contributed by atoms with Gasteiger partial charge in [-0.3, -0.25) is 4.79 Å². The third-order valence-electron chi connectivity index (χ3n) is 6.81. The van der Waals surface area contributed by atoms with Crippen molar-refractivity contribution in [3.8, 4) is 0 Å². The summed E-state index contributed by atoms with van der Waals surface area (Å²) in [5, 5.41) is 16.8. The van der Waals surface area contributed by atoms with Crippen LogP contribution >= 0.6 is 11.6 Å². The number of aliphatic hydroxyl groups excluding tert-OH is 1. The Morgan fingerprint density at radius 2 is 2.03 bits per heavy atom. The summed E-state index contributed by atoms with van der Waals surface area (Å²) in [6.45, 7) is 0.489. The molecule has 0 aliphatic heterocycles. The molecule has 0 saturated heterocycles. The van der Waals surface area contributed by atoms with Crippen molar-refractivity contribution in [3.63, 3.8) is 0 Å². The molecule has 4 aromatic rings. The van der Waals surface area contributed by atoms with E-state index < -0.39 is 0 Å². The van der Waals surface area contributed by atoms with Crippen molar-refractivity contribution in [2.45, 2.75) is 44.2 Å². The molecular weight excluding hydrogens is 462 g/mol. The zero-order valence-corrected chi connectivity index (χ0v) is 19.9. The SMILES string of the molecule is O=C(Nc1cc(NCc2cn3cc(C4CC4)cc(CO)c3n2)ccn1)[C@@H]1C[C@@H]1c1cccc(Cl)c1. The molecule has 2 aliphatic rings. The van der Waals surface area contributed by atoms with E-state index in [2.05, 4.69) is 27.9 Å². The Morgan fingerprint density at radius 3 is 2.83 bits per heavy atom. The van der Waals surface area contributed by atoms with Crippen molar-refractivity contribution in [3.05, 3.63) is 88.5 Å². The first kappa shape index (κ1) is 22.1. The minimum absolute atomic E-state index is 0.0250. The highest BCUT2D eigenvalue weighted by Crippen LogP contribution is 2.48. The first-order chi connectivity index (χ1) is 17.1. The third kappa shape index (κ3) is 4.74. The summed E-state index contributed by atoms with van der Waals surface area (Å²) in [5.41, 5.74) is 5.72. The summed E-state index contributed by atoms with van der Waals surface area (Å²) in [6, 6.07) is 13.5. The highest BCUT2D eigenvalue weighted by atomic mass is 35.5. The Bertz CT molecular complexity index is 1410. The fraction of sp³-hybridized carbons (Fsp3) is 0.296. The number of anilines is 2. The smallest absolute Gasteiger partial charge is 0.229 e. The summed E-state index contributed by atoms with van der Waals surface area (Å²) in [4.78, 5) is 21.8. The standard InChI is InChI=1S/C27H26ClN5O2/c28-20-3-1-2-17(9-20)23-11-24(23)27(35)32-25-10-21(6-7-29-25)30-12-22-14-33-13-18(16-4-5-16)8-19(15-34)26(33)31-22/h1-3,6-10,13-14,16,23-24,34H,4-5,11-12,15H2,(H2,29,30,32,35)/t23-,24-/m1/s1. The van der Waals surface area contributed by atoms with E-state index in [1.165, 1.54) is 18.4 Å². The van der Waals surface area contributed by atoms with Gasteiger partial charge in [0.25, 0.3) is 0 Å². The van der Waals surface area contributed by atoms with Gasteiger partial charge in [0, 0.05) is 46.8 Å². The second-order valence-corrected chi connectivity index (χ2v) is 9.91. The van der Waals surface area contributed by atoms with E-state index in [-0.39, 0.29) is 24.3 Å². The maximum absolute atomic E-state index is 12.7. The van der Waals surface area contributed by atoms with Gasteiger partial charge in [0.2, 0.25) is 5.91 Å². The van der Waals surface area contributed by atoms with E-state index >= 15 is 0 Å². The molecule has 2 saturated carbocycles. The van der Waals surface area contributed by atoms with Gasteiger partial charge in [0.05, 0.1) is 18.8 Å². The highest BCUT2D eigenvalue weighted by Gasteiger charge is 2.44. The van der Waals surface area contributed by atoms with Gasteiger partial charge in [0.1, 0.15) is 11.5 Å². The fourth-order valence-corrected chi connectivity index (χ4v) is 4.89. The van der Waals surface area contributed by atoms with Crippen molar-refractivity contribution in [1.29, 1.82) is 0 Å². The minimum atomic E-state index is -0.0638. The van der Waals surface area contributed by atoms with E-state index in [0.717, 1.165) is 34.6 Å². The number of aliphatic hydroxyl groups is 1. The quantitative estimate of drug-likeness (QED) is 0.321. The minimum Gasteiger partial charge on any atom is -0.392 e. The molecule has 8 heteroatoms. The number of aromatic nitrogens is 3.